The van der Waals surface area contributed by atoms with Crippen molar-refractivity contribution in [1.82, 2.24) is 0 Å². The van der Waals surface area contributed by atoms with Crippen LogP contribution in [0.5, 0.6) is 5.75 Å². The number of hydrogen-bond acceptors (Lipinski definition) is 4. The van der Waals surface area contributed by atoms with Crippen LogP contribution < -0.4 is 5.32 Å². The topological polar surface area (TPSA) is 75.6 Å². The summed E-state index contributed by atoms with van der Waals surface area (Å²) in [6.45, 7) is 7.49. The zero-order valence-corrected chi connectivity index (χ0v) is 15.6. The zero-order chi connectivity index (χ0) is 19.3. The summed E-state index contributed by atoms with van der Waals surface area (Å²) in [5, 5.41) is 12.6. The number of esters is 1. The SMILES string of the molecule is CC[C@H](C)c1ccccc1NC(=O)[C@H](C)OC(=O)c1cc(C)ccc1O. The molecule has 2 aromatic carbocycles. The van der Waals surface area contributed by atoms with Crippen molar-refractivity contribution in [2.24, 2.45) is 0 Å². The Labute approximate surface area is 154 Å². The smallest absolute Gasteiger partial charge is 0.342 e. The molecular formula is C21H25NO4. The molecule has 2 rings (SSSR count). The number of aryl methyl sites for hydroxylation is 1. The summed E-state index contributed by atoms with van der Waals surface area (Å²) >= 11 is 0. The van der Waals surface area contributed by atoms with Crippen molar-refractivity contribution >= 4 is 17.6 Å². The van der Waals surface area contributed by atoms with Crippen LogP contribution in [0.15, 0.2) is 42.5 Å². The maximum Gasteiger partial charge on any atom is 0.342 e. The largest absolute Gasteiger partial charge is 0.507 e. The molecule has 0 spiro atoms. The number of phenols is 1. The molecule has 5 heteroatoms. The van der Waals surface area contributed by atoms with Crippen molar-refractivity contribution in [3.63, 3.8) is 0 Å². The highest BCUT2D eigenvalue weighted by Gasteiger charge is 2.22. The molecule has 138 valence electrons. The molecule has 2 N–H and O–H groups in total. The van der Waals surface area contributed by atoms with E-state index >= 15 is 0 Å². The van der Waals surface area contributed by atoms with Crippen LogP contribution in [0.3, 0.4) is 0 Å². The number of aromatic hydroxyl groups is 1. The minimum absolute atomic E-state index is 0.0460. The first-order valence-electron chi connectivity index (χ1n) is 8.73. The van der Waals surface area contributed by atoms with Gasteiger partial charge in [-0.2, -0.15) is 0 Å². The van der Waals surface area contributed by atoms with Gasteiger partial charge in [-0.1, -0.05) is 43.7 Å². The first-order valence-corrected chi connectivity index (χ1v) is 8.73. The molecule has 0 bridgehead atoms. The second-order valence-corrected chi connectivity index (χ2v) is 6.45. The van der Waals surface area contributed by atoms with Crippen molar-refractivity contribution in [2.75, 3.05) is 5.32 Å². The van der Waals surface area contributed by atoms with Gasteiger partial charge in [0, 0.05) is 5.69 Å². The van der Waals surface area contributed by atoms with Gasteiger partial charge in [0.2, 0.25) is 0 Å². The lowest BCUT2D eigenvalue weighted by Gasteiger charge is -2.18. The van der Waals surface area contributed by atoms with E-state index in [0.29, 0.717) is 11.6 Å². The lowest BCUT2D eigenvalue weighted by atomic mass is 9.97. The van der Waals surface area contributed by atoms with Gasteiger partial charge < -0.3 is 15.2 Å². The van der Waals surface area contributed by atoms with E-state index in [1.165, 1.54) is 19.1 Å². The number of hydrogen-bond donors (Lipinski definition) is 2. The van der Waals surface area contributed by atoms with Gasteiger partial charge in [0.1, 0.15) is 11.3 Å². The molecule has 0 unspecified atom stereocenters. The number of rotatable bonds is 6. The fraction of sp³-hybridized carbons (Fsp3) is 0.333. The summed E-state index contributed by atoms with van der Waals surface area (Å²) in [6.07, 6.45) is -0.0447. The van der Waals surface area contributed by atoms with Crippen molar-refractivity contribution in [1.29, 1.82) is 0 Å². The van der Waals surface area contributed by atoms with E-state index < -0.39 is 18.0 Å². The van der Waals surface area contributed by atoms with Gasteiger partial charge in [0.25, 0.3) is 5.91 Å². The van der Waals surface area contributed by atoms with Gasteiger partial charge in [-0.25, -0.2) is 4.79 Å². The molecule has 0 heterocycles. The molecule has 0 aromatic heterocycles. The van der Waals surface area contributed by atoms with E-state index in [1.807, 2.05) is 24.3 Å². The minimum Gasteiger partial charge on any atom is -0.507 e. The van der Waals surface area contributed by atoms with Crippen molar-refractivity contribution < 1.29 is 19.4 Å². The van der Waals surface area contributed by atoms with E-state index in [1.54, 1.807) is 13.0 Å². The van der Waals surface area contributed by atoms with E-state index in [9.17, 15) is 14.7 Å². The number of carbonyl (C=O) groups excluding carboxylic acids is 2. The molecule has 26 heavy (non-hydrogen) atoms. The fourth-order valence-corrected chi connectivity index (χ4v) is 2.59. The first-order chi connectivity index (χ1) is 12.3. The highest BCUT2D eigenvalue weighted by Crippen LogP contribution is 2.27. The average molecular weight is 355 g/mol. The van der Waals surface area contributed by atoms with Gasteiger partial charge in [-0.15, -0.1) is 0 Å². The maximum atomic E-state index is 12.4. The van der Waals surface area contributed by atoms with E-state index in [0.717, 1.165) is 17.5 Å². The minimum atomic E-state index is -0.993. The predicted octanol–water partition coefficient (Wildman–Crippen LogP) is 4.40. The number of carbonyl (C=O) groups is 2. The molecule has 1 amide bonds. The van der Waals surface area contributed by atoms with Gasteiger partial charge in [0.05, 0.1) is 0 Å². The monoisotopic (exact) mass is 355 g/mol. The summed E-state index contributed by atoms with van der Waals surface area (Å²) in [7, 11) is 0. The molecule has 2 atom stereocenters. The number of amides is 1. The quantitative estimate of drug-likeness (QED) is 0.753. The predicted molar refractivity (Wildman–Crippen MR) is 101 cm³/mol. The molecule has 0 saturated heterocycles. The molecule has 0 aliphatic heterocycles. The maximum absolute atomic E-state index is 12.4. The van der Waals surface area contributed by atoms with Crippen LogP contribution in [-0.4, -0.2) is 23.1 Å². The molecule has 0 aliphatic carbocycles. The Hall–Kier alpha value is -2.82. The molecular weight excluding hydrogens is 330 g/mol. The van der Waals surface area contributed by atoms with Crippen LogP contribution in [0, 0.1) is 6.92 Å². The highest BCUT2D eigenvalue weighted by molar-refractivity contribution is 5.98. The zero-order valence-electron chi connectivity index (χ0n) is 15.6. The highest BCUT2D eigenvalue weighted by atomic mass is 16.5. The summed E-state index contributed by atoms with van der Waals surface area (Å²) in [5.74, 6) is -1.02. The number of benzene rings is 2. The Kier molecular flexibility index (Phi) is 6.39. The lowest BCUT2D eigenvalue weighted by Crippen LogP contribution is -2.30. The number of nitrogens with one attached hydrogen (secondary N) is 1. The molecule has 0 aliphatic rings. The summed E-state index contributed by atoms with van der Waals surface area (Å²) in [5.41, 5.74) is 2.62. The van der Waals surface area contributed by atoms with Crippen LogP contribution in [0.2, 0.25) is 0 Å². The Morgan fingerprint density at radius 3 is 2.54 bits per heavy atom. The third-order valence-electron chi connectivity index (χ3n) is 4.39. The van der Waals surface area contributed by atoms with Crippen molar-refractivity contribution in [3.05, 3.63) is 59.2 Å². The lowest BCUT2D eigenvalue weighted by molar-refractivity contribution is -0.123. The standard InChI is InChI=1S/C21H25NO4/c1-5-14(3)16-8-6-7-9-18(16)22-20(24)15(4)26-21(25)17-12-13(2)10-11-19(17)23/h6-12,14-15,23H,5H2,1-4H3,(H,22,24)/t14-,15-/m0/s1. The molecule has 2 aromatic rings. The van der Waals surface area contributed by atoms with E-state index in [-0.39, 0.29) is 11.3 Å². The summed E-state index contributed by atoms with van der Waals surface area (Å²) in [4.78, 5) is 24.7. The number of para-hydroxylation sites is 1. The molecule has 0 radical (unpaired) electrons. The Bertz CT molecular complexity index is 800. The molecule has 0 fully saturated rings. The Balaban J connectivity index is 2.09. The van der Waals surface area contributed by atoms with Crippen LogP contribution in [0.4, 0.5) is 5.69 Å². The Morgan fingerprint density at radius 1 is 1.15 bits per heavy atom. The summed E-state index contributed by atoms with van der Waals surface area (Å²) < 4.78 is 5.22. The van der Waals surface area contributed by atoms with Crippen LogP contribution in [-0.2, 0) is 9.53 Å². The second-order valence-electron chi connectivity index (χ2n) is 6.45. The van der Waals surface area contributed by atoms with Crippen LogP contribution in [0.1, 0.15) is 54.6 Å². The number of phenolic OH excluding ortho intramolecular Hbond substituents is 1. The third kappa shape index (κ3) is 4.63. The Morgan fingerprint density at radius 2 is 1.85 bits per heavy atom. The van der Waals surface area contributed by atoms with Crippen molar-refractivity contribution in [3.8, 4) is 5.75 Å². The number of ether oxygens (including phenoxy) is 1. The average Bonchev–Trinajstić information content (AvgIpc) is 2.63. The van der Waals surface area contributed by atoms with Gasteiger partial charge in [-0.05, 0) is 49.9 Å². The summed E-state index contributed by atoms with van der Waals surface area (Å²) in [6, 6.07) is 12.2. The van der Waals surface area contributed by atoms with Crippen LogP contribution in [0.25, 0.3) is 0 Å². The molecule has 0 saturated carbocycles. The van der Waals surface area contributed by atoms with Crippen LogP contribution >= 0.6 is 0 Å². The molecule has 5 nitrogen and oxygen atoms in total. The first kappa shape index (κ1) is 19.5. The number of anilines is 1. The van der Waals surface area contributed by atoms with Gasteiger partial charge >= 0.3 is 5.97 Å². The normalized spacial score (nSPS) is 12.9. The second kappa shape index (κ2) is 8.52. The van der Waals surface area contributed by atoms with Gasteiger partial charge in [-0.3, -0.25) is 4.79 Å². The van der Waals surface area contributed by atoms with Crippen molar-refractivity contribution in [2.45, 2.75) is 46.1 Å². The third-order valence-corrected chi connectivity index (χ3v) is 4.39. The van der Waals surface area contributed by atoms with E-state index in [4.69, 9.17) is 4.74 Å². The van der Waals surface area contributed by atoms with Gasteiger partial charge in [0.15, 0.2) is 6.10 Å². The van der Waals surface area contributed by atoms with E-state index in [2.05, 4.69) is 19.2 Å². The fourth-order valence-electron chi connectivity index (χ4n) is 2.59.